The first kappa shape index (κ1) is 6.78. The van der Waals surface area contributed by atoms with Crippen molar-refractivity contribution in [3.05, 3.63) is 21.9 Å². The van der Waals surface area contributed by atoms with Gasteiger partial charge in [0.1, 0.15) is 0 Å². The summed E-state index contributed by atoms with van der Waals surface area (Å²) < 4.78 is 0. The quantitative estimate of drug-likeness (QED) is 0.585. The summed E-state index contributed by atoms with van der Waals surface area (Å²) in [6.45, 7) is 1.77. The lowest BCUT2D eigenvalue weighted by Gasteiger charge is -1.92. The van der Waals surface area contributed by atoms with Crippen molar-refractivity contribution in [2.45, 2.75) is 6.92 Å². The molecule has 0 atom stereocenters. The fourth-order valence-corrected chi connectivity index (χ4v) is 0.752. The van der Waals surface area contributed by atoms with Crippen LogP contribution in [0.5, 0.6) is 0 Å². The van der Waals surface area contributed by atoms with Crippen LogP contribution in [0.25, 0.3) is 0 Å². The van der Waals surface area contributed by atoms with E-state index in [0.717, 1.165) is 0 Å². The first-order valence-electron chi connectivity index (χ1n) is 2.35. The summed E-state index contributed by atoms with van der Waals surface area (Å²) in [6, 6.07) is 1.56. The average molecular weight is 163 g/mol. The van der Waals surface area contributed by atoms with Crippen LogP contribution in [0.15, 0.2) is 6.07 Å². The maximum absolute atomic E-state index is 5.63. The fraction of sp³-hybridized carbons (Fsp3) is 0.200. The SMILES string of the molecule is Cc1nnc(Cl)cc1Cl. The number of aryl methyl sites for hydroxylation is 1. The molecule has 0 N–H and O–H groups in total. The Bertz CT molecular complexity index is 224. The number of hydrogen-bond donors (Lipinski definition) is 0. The smallest absolute Gasteiger partial charge is 0.153 e. The van der Waals surface area contributed by atoms with Gasteiger partial charge >= 0.3 is 0 Å². The van der Waals surface area contributed by atoms with Crippen LogP contribution >= 0.6 is 23.2 Å². The number of halogens is 2. The molecule has 0 saturated carbocycles. The Labute approximate surface area is 62.8 Å². The lowest BCUT2D eigenvalue weighted by Crippen LogP contribution is -1.86. The zero-order valence-corrected chi connectivity index (χ0v) is 6.24. The minimum absolute atomic E-state index is 0.325. The van der Waals surface area contributed by atoms with E-state index in [9.17, 15) is 0 Å². The van der Waals surface area contributed by atoms with Gasteiger partial charge in [-0.1, -0.05) is 23.2 Å². The van der Waals surface area contributed by atoms with Crippen molar-refractivity contribution in [1.29, 1.82) is 0 Å². The second-order valence-electron chi connectivity index (χ2n) is 1.60. The summed E-state index contributed by atoms with van der Waals surface area (Å²) in [6.07, 6.45) is 0. The van der Waals surface area contributed by atoms with Gasteiger partial charge in [-0.3, -0.25) is 0 Å². The van der Waals surface area contributed by atoms with Crippen LogP contribution < -0.4 is 0 Å². The van der Waals surface area contributed by atoms with Crippen LogP contribution in [0, 0.1) is 6.92 Å². The Morgan fingerprint density at radius 3 is 2.44 bits per heavy atom. The first-order valence-corrected chi connectivity index (χ1v) is 3.11. The van der Waals surface area contributed by atoms with E-state index in [2.05, 4.69) is 10.2 Å². The second kappa shape index (κ2) is 2.50. The molecule has 1 rings (SSSR count). The molecular formula is C5H4Cl2N2. The molecule has 48 valence electrons. The van der Waals surface area contributed by atoms with Crippen LogP contribution in [0.1, 0.15) is 5.69 Å². The molecule has 2 nitrogen and oxygen atoms in total. The van der Waals surface area contributed by atoms with Crippen molar-refractivity contribution >= 4 is 23.2 Å². The highest BCUT2D eigenvalue weighted by Crippen LogP contribution is 2.14. The second-order valence-corrected chi connectivity index (χ2v) is 2.39. The molecule has 0 unspecified atom stereocenters. The molecule has 9 heavy (non-hydrogen) atoms. The molecule has 0 bridgehead atoms. The number of nitrogens with zero attached hydrogens (tertiary/aromatic N) is 2. The molecule has 0 aliphatic heterocycles. The van der Waals surface area contributed by atoms with E-state index in [0.29, 0.717) is 15.9 Å². The minimum Gasteiger partial charge on any atom is -0.153 e. The molecule has 0 spiro atoms. The molecule has 0 aromatic carbocycles. The molecule has 0 radical (unpaired) electrons. The van der Waals surface area contributed by atoms with Crippen molar-refractivity contribution < 1.29 is 0 Å². The maximum Gasteiger partial charge on any atom is 0.153 e. The lowest BCUT2D eigenvalue weighted by molar-refractivity contribution is 0.981. The average Bonchev–Trinajstić information content (AvgIpc) is 1.80. The molecule has 1 aromatic rings. The summed E-state index contributed by atoms with van der Waals surface area (Å²) in [5.74, 6) is 0. The van der Waals surface area contributed by atoms with Gasteiger partial charge in [0.25, 0.3) is 0 Å². The number of aromatic nitrogens is 2. The molecule has 0 fully saturated rings. The Kier molecular flexibility index (Phi) is 1.88. The highest BCUT2D eigenvalue weighted by Gasteiger charge is 1.96. The molecule has 0 saturated heterocycles. The molecule has 0 amide bonds. The number of rotatable bonds is 0. The van der Waals surface area contributed by atoms with Gasteiger partial charge < -0.3 is 0 Å². The largest absolute Gasteiger partial charge is 0.153 e. The standard InChI is InChI=1S/C5H4Cl2N2/c1-3-4(6)2-5(7)9-8-3/h2H,1H3. The minimum atomic E-state index is 0.325. The van der Waals surface area contributed by atoms with E-state index < -0.39 is 0 Å². The fourth-order valence-electron chi connectivity index (χ4n) is 0.408. The van der Waals surface area contributed by atoms with Crippen molar-refractivity contribution in [1.82, 2.24) is 10.2 Å². The van der Waals surface area contributed by atoms with Crippen molar-refractivity contribution in [3.63, 3.8) is 0 Å². The maximum atomic E-state index is 5.63. The van der Waals surface area contributed by atoms with E-state index in [1.807, 2.05) is 0 Å². The third-order valence-corrected chi connectivity index (χ3v) is 1.45. The third-order valence-electron chi connectivity index (χ3n) is 0.887. The molecular weight excluding hydrogens is 159 g/mol. The van der Waals surface area contributed by atoms with Crippen LogP contribution in [0.4, 0.5) is 0 Å². The van der Waals surface area contributed by atoms with Crippen molar-refractivity contribution in [2.24, 2.45) is 0 Å². The van der Waals surface area contributed by atoms with Gasteiger partial charge in [-0.2, -0.15) is 5.10 Å². The highest BCUT2D eigenvalue weighted by atomic mass is 35.5. The highest BCUT2D eigenvalue weighted by molar-refractivity contribution is 6.34. The van der Waals surface area contributed by atoms with Crippen LogP contribution in [0.3, 0.4) is 0 Å². The van der Waals surface area contributed by atoms with E-state index in [-0.39, 0.29) is 0 Å². The summed E-state index contributed by atoms with van der Waals surface area (Å²) in [5, 5.41) is 8.11. The van der Waals surface area contributed by atoms with Gasteiger partial charge in [0.15, 0.2) is 5.15 Å². The predicted molar refractivity (Wildman–Crippen MR) is 36.8 cm³/mol. The third kappa shape index (κ3) is 1.53. The van der Waals surface area contributed by atoms with Crippen LogP contribution in [-0.4, -0.2) is 10.2 Å². The van der Waals surface area contributed by atoms with Gasteiger partial charge in [0.2, 0.25) is 0 Å². The molecule has 1 aromatic heterocycles. The molecule has 1 heterocycles. The van der Waals surface area contributed by atoms with Crippen LogP contribution in [-0.2, 0) is 0 Å². The zero-order valence-electron chi connectivity index (χ0n) is 4.73. The van der Waals surface area contributed by atoms with Gasteiger partial charge in [0, 0.05) is 0 Å². The zero-order chi connectivity index (χ0) is 6.85. The summed E-state index contributed by atoms with van der Waals surface area (Å²) in [4.78, 5) is 0. The van der Waals surface area contributed by atoms with Crippen molar-refractivity contribution in [3.8, 4) is 0 Å². The molecule has 0 aliphatic carbocycles. The van der Waals surface area contributed by atoms with E-state index in [1.165, 1.54) is 0 Å². The van der Waals surface area contributed by atoms with Gasteiger partial charge in [-0.05, 0) is 13.0 Å². The predicted octanol–water partition coefficient (Wildman–Crippen LogP) is 2.09. The Balaban J connectivity index is 3.17. The van der Waals surface area contributed by atoms with Gasteiger partial charge in [-0.25, -0.2) is 0 Å². The molecule has 0 aliphatic rings. The summed E-state index contributed by atoms with van der Waals surface area (Å²) in [5.41, 5.74) is 0.695. The van der Waals surface area contributed by atoms with Crippen molar-refractivity contribution in [2.75, 3.05) is 0 Å². The van der Waals surface area contributed by atoms with Crippen LogP contribution in [0.2, 0.25) is 10.2 Å². The molecule has 4 heteroatoms. The van der Waals surface area contributed by atoms with E-state index >= 15 is 0 Å². The van der Waals surface area contributed by atoms with Gasteiger partial charge in [0.05, 0.1) is 10.7 Å². The summed E-state index contributed by atoms with van der Waals surface area (Å²) >= 11 is 11.1. The van der Waals surface area contributed by atoms with E-state index in [1.54, 1.807) is 13.0 Å². The Morgan fingerprint density at radius 2 is 2.00 bits per heavy atom. The lowest BCUT2D eigenvalue weighted by atomic mass is 10.4. The Hall–Kier alpha value is -0.340. The normalized spacial score (nSPS) is 9.67. The number of hydrogen-bond acceptors (Lipinski definition) is 2. The van der Waals surface area contributed by atoms with E-state index in [4.69, 9.17) is 23.2 Å². The first-order chi connectivity index (χ1) is 4.20. The summed E-state index contributed by atoms with van der Waals surface area (Å²) in [7, 11) is 0. The Morgan fingerprint density at radius 1 is 1.33 bits per heavy atom. The monoisotopic (exact) mass is 162 g/mol. The van der Waals surface area contributed by atoms with Gasteiger partial charge in [-0.15, -0.1) is 5.10 Å². The topological polar surface area (TPSA) is 25.8 Å².